The van der Waals surface area contributed by atoms with E-state index in [9.17, 15) is 20.4 Å². The van der Waals surface area contributed by atoms with E-state index < -0.39 is 37.3 Å². The van der Waals surface area contributed by atoms with Crippen molar-refractivity contribution in [3.63, 3.8) is 0 Å². The van der Waals surface area contributed by atoms with Crippen LogP contribution in [0.5, 0.6) is 0 Å². The van der Waals surface area contributed by atoms with Crippen molar-refractivity contribution in [1.29, 1.82) is 0 Å². The predicted molar refractivity (Wildman–Crippen MR) is 98.3 cm³/mol. The third kappa shape index (κ3) is 4.21. The fourth-order valence-electron chi connectivity index (χ4n) is 3.08. The van der Waals surface area contributed by atoms with Crippen molar-refractivity contribution in [1.82, 2.24) is 35.6 Å². The van der Waals surface area contributed by atoms with E-state index in [1.54, 1.807) is 10.9 Å². The molecular weight excluding hydrogens is 398 g/mol. The van der Waals surface area contributed by atoms with Crippen LogP contribution in [-0.4, -0.2) is 100.0 Å². The van der Waals surface area contributed by atoms with Gasteiger partial charge >= 0.3 is 0 Å². The van der Waals surface area contributed by atoms with E-state index in [2.05, 4.69) is 30.9 Å². The first-order valence-electron chi connectivity index (χ1n) is 9.23. The Morgan fingerprint density at radius 3 is 2.50 bits per heavy atom. The molecule has 1 fully saturated rings. The van der Waals surface area contributed by atoms with Crippen LogP contribution in [-0.2, 0) is 16.0 Å². The van der Waals surface area contributed by atoms with Crippen LogP contribution >= 0.6 is 0 Å². The highest BCUT2D eigenvalue weighted by Gasteiger charge is 2.43. The highest BCUT2D eigenvalue weighted by molar-refractivity contribution is 5.64. The van der Waals surface area contributed by atoms with Crippen molar-refractivity contribution in [2.45, 2.75) is 37.3 Å². The van der Waals surface area contributed by atoms with Gasteiger partial charge in [-0.25, -0.2) is 4.68 Å². The minimum Gasteiger partial charge on any atom is -0.394 e. The van der Waals surface area contributed by atoms with Crippen LogP contribution in [0.2, 0.25) is 0 Å². The maximum Gasteiger partial charge on any atom is 0.204 e. The number of tetrazole rings is 1. The average Bonchev–Trinajstić information content (AvgIpc) is 3.46. The molecular formula is C17H21N7O6. The molecule has 30 heavy (non-hydrogen) atoms. The van der Waals surface area contributed by atoms with Crippen LogP contribution in [0.1, 0.15) is 0 Å². The number of nitrogens with one attached hydrogen (secondary N) is 1. The highest BCUT2D eigenvalue weighted by Crippen LogP contribution is 2.23. The third-order valence-corrected chi connectivity index (χ3v) is 4.77. The van der Waals surface area contributed by atoms with Gasteiger partial charge in [0.25, 0.3) is 0 Å². The molecule has 13 nitrogen and oxygen atoms in total. The molecule has 2 unspecified atom stereocenters. The average molecular weight is 419 g/mol. The van der Waals surface area contributed by atoms with Crippen LogP contribution in [0.3, 0.4) is 0 Å². The van der Waals surface area contributed by atoms with Gasteiger partial charge in [0.15, 0.2) is 6.29 Å². The lowest BCUT2D eigenvalue weighted by atomic mass is 9.99. The number of aromatic amines is 1. The normalized spacial score (nSPS) is 26.7. The van der Waals surface area contributed by atoms with Gasteiger partial charge in [0.1, 0.15) is 30.1 Å². The highest BCUT2D eigenvalue weighted by atomic mass is 16.7. The van der Waals surface area contributed by atoms with Gasteiger partial charge in [-0.3, -0.25) is 0 Å². The Bertz CT molecular complexity index is 932. The van der Waals surface area contributed by atoms with E-state index in [1.165, 1.54) is 0 Å². The monoisotopic (exact) mass is 419 g/mol. The Balaban J connectivity index is 1.33. The topological polar surface area (TPSA) is 185 Å². The number of ether oxygens (including phenoxy) is 2. The standard InChI is InChI=1S/C17H21N7O6/c25-8-12-13(26)14(27)15(28)17(30-12)29-6-5-24-7-11(18-23-24)9-1-3-10(4-2-9)16-19-21-22-20-16/h1-4,7,12-15,17,25-28H,5-6,8H2,(H,19,20,21,22)/t12?,13-,14?,15-,17-/m0/s1. The molecule has 160 valence electrons. The molecule has 0 bridgehead atoms. The maximum atomic E-state index is 9.97. The van der Waals surface area contributed by atoms with Gasteiger partial charge in [0, 0.05) is 11.1 Å². The molecule has 0 aliphatic carbocycles. The summed E-state index contributed by atoms with van der Waals surface area (Å²) in [6.07, 6.45) is -4.79. The molecule has 1 aliphatic heterocycles. The molecule has 3 aromatic rings. The van der Waals surface area contributed by atoms with Gasteiger partial charge < -0.3 is 29.9 Å². The predicted octanol–water partition coefficient (Wildman–Crippen LogP) is -2.06. The largest absolute Gasteiger partial charge is 0.394 e. The van der Waals surface area contributed by atoms with Crippen LogP contribution in [0.25, 0.3) is 22.6 Å². The van der Waals surface area contributed by atoms with Crippen LogP contribution < -0.4 is 0 Å². The number of aliphatic hydroxyl groups excluding tert-OH is 4. The number of rotatable bonds is 7. The van der Waals surface area contributed by atoms with Crippen molar-refractivity contribution < 1.29 is 29.9 Å². The van der Waals surface area contributed by atoms with Crippen molar-refractivity contribution in [3.05, 3.63) is 30.5 Å². The first kappa shape index (κ1) is 20.5. The molecule has 1 saturated heterocycles. The molecule has 3 heterocycles. The number of aliphatic hydroxyl groups is 4. The Morgan fingerprint density at radius 1 is 1.03 bits per heavy atom. The summed E-state index contributed by atoms with van der Waals surface area (Å²) in [4.78, 5) is 0. The van der Waals surface area contributed by atoms with Crippen molar-refractivity contribution >= 4 is 0 Å². The molecule has 0 amide bonds. The van der Waals surface area contributed by atoms with E-state index in [0.717, 1.165) is 11.1 Å². The Labute approximate surface area is 169 Å². The molecule has 0 saturated carbocycles. The Kier molecular flexibility index (Phi) is 6.08. The van der Waals surface area contributed by atoms with Gasteiger partial charge in [0.2, 0.25) is 5.82 Å². The molecule has 0 radical (unpaired) electrons. The van der Waals surface area contributed by atoms with Crippen LogP contribution in [0.15, 0.2) is 30.5 Å². The lowest BCUT2D eigenvalue weighted by Crippen LogP contribution is -2.59. The van der Waals surface area contributed by atoms with E-state index in [-0.39, 0.29) is 6.61 Å². The number of aromatic nitrogens is 7. The number of hydrogen-bond acceptors (Lipinski definition) is 11. The van der Waals surface area contributed by atoms with Gasteiger partial charge in [-0.05, 0) is 5.21 Å². The van der Waals surface area contributed by atoms with Crippen LogP contribution in [0, 0.1) is 0 Å². The van der Waals surface area contributed by atoms with Gasteiger partial charge in [0.05, 0.1) is 26.0 Å². The van der Waals surface area contributed by atoms with Crippen molar-refractivity contribution in [2.75, 3.05) is 13.2 Å². The summed E-state index contributed by atoms with van der Waals surface area (Å²) >= 11 is 0. The third-order valence-electron chi connectivity index (χ3n) is 4.77. The summed E-state index contributed by atoms with van der Waals surface area (Å²) in [5.74, 6) is 0.496. The lowest BCUT2D eigenvalue weighted by Gasteiger charge is -2.39. The summed E-state index contributed by atoms with van der Waals surface area (Å²) in [5.41, 5.74) is 2.32. The molecule has 1 aromatic carbocycles. The van der Waals surface area contributed by atoms with Crippen molar-refractivity contribution in [2.24, 2.45) is 0 Å². The fraction of sp³-hybridized carbons (Fsp3) is 0.471. The summed E-state index contributed by atoms with van der Waals surface area (Å²) in [7, 11) is 0. The lowest BCUT2D eigenvalue weighted by molar-refractivity contribution is -0.301. The summed E-state index contributed by atoms with van der Waals surface area (Å²) in [6, 6.07) is 7.43. The van der Waals surface area contributed by atoms with Crippen LogP contribution in [0.4, 0.5) is 0 Å². The zero-order valence-electron chi connectivity index (χ0n) is 15.7. The number of hydrogen-bond donors (Lipinski definition) is 5. The second-order valence-corrected chi connectivity index (χ2v) is 6.75. The molecule has 1 aliphatic rings. The number of H-pyrrole nitrogens is 1. The first-order chi connectivity index (χ1) is 14.6. The number of benzene rings is 1. The summed E-state index contributed by atoms with van der Waals surface area (Å²) in [6.45, 7) is -0.103. The zero-order valence-corrected chi connectivity index (χ0v) is 15.7. The molecule has 5 N–H and O–H groups in total. The van der Waals surface area contributed by atoms with Gasteiger partial charge in [-0.2, -0.15) is 5.21 Å². The molecule has 2 aromatic heterocycles. The Morgan fingerprint density at radius 2 is 1.80 bits per heavy atom. The maximum absolute atomic E-state index is 9.97. The second kappa shape index (κ2) is 8.91. The SMILES string of the molecule is OCC1O[C@H](OCCn2cc(-c3ccc(-c4nn[nH]n4)cc3)nn2)[C@@H](O)C(O)[C@H]1O. The van der Waals surface area contributed by atoms with E-state index in [0.29, 0.717) is 18.1 Å². The summed E-state index contributed by atoms with van der Waals surface area (Å²) in [5, 5.41) is 60.7. The number of nitrogens with zero attached hydrogens (tertiary/aromatic N) is 6. The molecule has 13 heteroatoms. The first-order valence-corrected chi connectivity index (χ1v) is 9.23. The summed E-state index contributed by atoms with van der Waals surface area (Å²) < 4.78 is 12.3. The molecule has 4 rings (SSSR count). The van der Waals surface area contributed by atoms with E-state index in [4.69, 9.17) is 9.47 Å². The fourth-order valence-corrected chi connectivity index (χ4v) is 3.08. The minimum absolute atomic E-state index is 0.0995. The van der Waals surface area contributed by atoms with Gasteiger partial charge in [-0.15, -0.1) is 15.3 Å². The molecule has 0 spiro atoms. The second-order valence-electron chi connectivity index (χ2n) is 6.75. The smallest absolute Gasteiger partial charge is 0.204 e. The minimum atomic E-state index is -1.48. The molecule has 5 atom stereocenters. The van der Waals surface area contributed by atoms with Crippen molar-refractivity contribution in [3.8, 4) is 22.6 Å². The zero-order chi connectivity index (χ0) is 21.1. The van der Waals surface area contributed by atoms with E-state index in [1.807, 2.05) is 24.3 Å². The van der Waals surface area contributed by atoms with Gasteiger partial charge in [-0.1, -0.05) is 29.5 Å². The van der Waals surface area contributed by atoms with E-state index >= 15 is 0 Å². The quantitative estimate of drug-likeness (QED) is 0.284. The Hall–Kier alpha value is -2.81.